The molecule has 9 atom stereocenters. The molecule has 0 amide bonds. The van der Waals surface area contributed by atoms with Crippen molar-refractivity contribution in [3.63, 3.8) is 0 Å². The van der Waals surface area contributed by atoms with Crippen molar-refractivity contribution in [1.29, 1.82) is 0 Å². The molecule has 0 saturated heterocycles. The lowest BCUT2D eigenvalue weighted by molar-refractivity contribution is -0.225. The zero-order chi connectivity index (χ0) is 23.7. The van der Waals surface area contributed by atoms with E-state index in [4.69, 9.17) is 0 Å². The summed E-state index contributed by atoms with van der Waals surface area (Å²) in [6.45, 7) is 19.0. The molecule has 0 aromatic heterocycles. The van der Waals surface area contributed by atoms with Crippen molar-refractivity contribution in [1.82, 2.24) is 0 Å². The lowest BCUT2D eigenvalue weighted by Gasteiger charge is -2.70. The molecule has 4 fully saturated rings. The van der Waals surface area contributed by atoms with Crippen LogP contribution >= 0.6 is 0 Å². The minimum atomic E-state index is -0.560. The van der Waals surface area contributed by atoms with Crippen molar-refractivity contribution >= 4 is 0 Å². The van der Waals surface area contributed by atoms with Crippen LogP contribution in [0.1, 0.15) is 120 Å². The Hall–Kier alpha value is -0.340. The van der Waals surface area contributed by atoms with Crippen LogP contribution in [0.25, 0.3) is 0 Å². The van der Waals surface area contributed by atoms with Crippen molar-refractivity contribution in [3.05, 3.63) is 11.6 Å². The summed E-state index contributed by atoms with van der Waals surface area (Å²) in [5, 5.41) is 22.5. The molecule has 0 unspecified atom stereocenters. The quantitative estimate of drug-likeness (QED) is 0.440. The molecule has 2 nitrogen and oxygen atoms in total. The molecule has 0 bridgehead atoms. The number of fused-ring (bicyclic) bond motifs is 5. The highest BCUT2D eigenvalue weighted by atomic mass is 16.3. The van der Waals surface area contributed by atoms with Gasteiger partial charge >= 0.3 is 0 Å². The summed E-state index contributed by atoms with van der Waals surface area (Å²) in [7, 11) is 0. The predicted molar refractivity (Wildman–Crippen MR) is 134 cm³/mol. The van der Waals surface area contributed by atoms with Gasteiger partial charge in [0.25, 0.3) is 0 Å². The van der Waals surface area contributed by atoms with E-state index in [2.05, 4.69) is 61.5 Å². The van der Waals surface area contributed by atoms with E-state index in [0.717, 1.165) is 25.2 Å². The van der Waals surface area contributed by atoms with Crippen molar-refractivity contribution < 1.29 is 10.2 Å². The van der Waals surface area contributed by atoms with Gasteiger partial charge in [-0.25, -0.2) is 0 Å². The third kappa shape index (κ3) is 3.40. The highest BCUT2D eigenvalue weighted by Crippen LogP contribution is 2.75. The summed E-state index contributed by atoms with van der Waals surface area (Å²) < 4.78 is 0. The third-order valence-corrected chi connectivity index (χ3v) is 12.4. The van der Waals surface area contributed by atoms with E-state index in [-0.39, 0.29) is 11.5 Å². The van der Waals surface area contributed by atoms with Gasteiger partial charge in [0.05, 0.1) is 11.7 Å². The Balaban J connectivity index is 1.61. The van der Waals surface area contributed by atoms with Crippen LogP contribution in [-0.4, -0.2) is 21.9 Å². The van der Waals surface area contributed by atoms with Crippen LogP contribution in [0.3, 0.4) is 0 Å². The van der Waals surface area contributed by atoms with E-state index in [1.807, 2.05) is 0 Å². The molecule has 0 aromatic carbocycles. The largest absolute Gasteiger partial charge is 0.393 e. The van der Waals surface area contributed by atoms with E-state index >= 15 is 0 Å². The number of hydrogen-bond donors (Lipinski definition) is 2. The topological polar surface area (TPSA) is 40.5 Å². The first-order valence-corrected chi connectivity index (χ1v) is 13.7. The smallest absolute Gasteiger partial charge is 0.0653 e. The van der Waals surface area contributed by atoms with Gasteiger partial charge in [0.2, 0.25) is 0 Å². The Kier molecular flexibility index (Phi) is 6.07. The second-order valence-electron chi connectivity index (χ2n) is 14.4. The van der Waals surface area contributed by atoms with E-state index in [9.17, 15) is 10.2 Å². The maximum Gasteiger partial charge on any atom is 0.0653 e. The number of aliphatic hydroxyl groups is 2. The van der Waals surface area contributed by atoms with Crippen LogP contribution < -0.4 is 0 Å². The van der Waals surface area contributed by atoms with E-state index in [1.165, 1.54) is 50.5 Å². The van der Waals surface area contributed by atoms with Crippen molar-refractivity contribution in [2.75, 3.05) is 0 Å². The first kappa shape index (κ1) is 24.8. The Morgan fingerprint density at radius 2 is 1.53 bits per heavy atom. The molecule has 0 radical (unpaired) electrons. The zero-order valence-electron chi connectivity index (χ0n) is 22.4. The molecule has 0 aliphatic heterocycles. The molecule has 2 heteroatoms. The van der Waals surface area contributed by atoms with Gasteiger partial charge in [-0.1, -0.05) is 46.3 Å². The van der Waals surface area contributed by atoms with Crippen molar-refractivity contribution in [3.8, 4) is 0 Å². The second kappa shape index (κ2) is 7.84. The minimum absolute atomic E-state index is 0.0267. The summed E-state index contributed by atoms with van der Waals surface area (Å²) >= 11 is 0. The van der Waals surface area contributed by atoms with Gasteiger partial charge in [-0.2, -0.15) is 0 Å². The summed E-state index contributed by atoms with van der Waals surface area (Å²) in [5.74, 6) is 2.45. The van der Waals surface area contributed by atoms with Gasteiger partial charge in [0.1, 0.15) is 0 Å². The maximum absolute atomic E-state index is 11.6. The molecule has 0 aromatic rings. The fourth-order valence-electron chi connectivity index (χ4n) is 10.3. The van der Waals surface area contributed by atoms with Gasteiger partial charge in [0, 0.05) is 0 Å². The lowest BCUT2D eigenvalue weighted by atomic mass is 9.35. The van der Waals surface area contributed by atoms with Crippen LogP contribution in [0.5, 0.6) is 0 Å². The van der Waals surface area contributed by atoms with E-state index < -0.39 is 5.60 Å². The standard InChI is InChI=1S/C30H52O2/c1-20(2)10-9-16-30(8,32)22-13-18-28(6)21(22)11-12-24-27(5)17-15-25(31)26(3,4)23(27)14-19-29(24,28)7/h10,21-25,31-32H,9,11-19H2,1-8H3/t21-,22+,23-,24-,25+,27+,28-,29-,30-/m1/s1. The van der Waals surface area contributed by atoms with Crippen LogP contribution in [0.15, 0.2) is 11.6 Å². The second-order valence-corrected chi connectivity index (χ2v) is 14.4. The molecule has 32 heavy (non-hydrogen) atoms. The molecule has 4 rings (SSSR count). The highest BCUT2D eigenvalue weighted by Gasteiger charge is 2.69. The van der Waals surface area contributed by atoms with Crippen LogP contribution in [-0.2, 0) is 0 Å². The van der Waals surface area contributed by atoms with E-state index in [1.54, 1.807) is 0 Å². The number of rotatable bonds is 4. The molecule has 184 valence electrons. The summed E-state index contributed by atoms with van der Waals surface area (Å²) in [6.07, 6.45) is 13.8. The number of hydrogen-bond acceptors (Lipinski definition) is 2. The van der Waals surface area contributed by atoms with Gasteiger partial charge in [-0.05, 0) is 130 Å². The molecule has 0 spiro atoms. The predicted octanol–water partition coefficient (Wildman–Crippen LogP) is 7.53. The fraction of sp³-hybridized carbons (Fsp3) is 0.933. The summed E-state index contributed by atoms with van der Waals surface area (Å²) in [4.78, 5) is 0. The Bertz CT molecular complexity index is 746. The number of allylic oxidation sites excluding steroid dienone is 2. The molecular weight excluding hydrogens is 392 g/mol. The first-order valence-electron chi connectivity index (χ1n) is 13.7. The average molecular weight is 445 g/mol. The molecule has 2 N–H and O–H groups in total. The first-order chi connectivity index (χ1) is 14.7. The van der Waals surface area contributed by atoms with Crippen LogP contribution in [0.2, 0.25) is 0 Å². The molecule has 4 saturated carbocycles. The monoisotopic (exact) mass is 444 g/mol. The van der Waals surface area contributed by atoms with Crippen molar-refractivity contribution in [2.24, 2.45) is 45.3 Å². The summed E-state index contributed by atoms with van der Waals surface area (Å²) in [5.41, 5.74) is 1.84. The van der Waals surface area contributed by atoms with Crippen LogP contribution in [0, 0.1) is 45.3 Å². The lowest BCUT2D eigenvalue weighted by Crippen LogP contribution is -2.64. The Morgan fingerprint density at radius 3 is 2.19 bits per heavy atom. The third-order valence-electron chi connectivity index (χ3n) is 12.4. The molecule has 4 aliphatic carbocycles. The summed E-state index contributed by atoms with van der Waals surface area (Å²) in [6, 6.07) is 0. The van der Waals surface area contributed by atoms with Gasteiger partial charge in [0.15, 0.2) is 0 Å². The van der Waals surface area contributed by atoms with Gasteiger partial charge in [-0.15, -0.1) is 0 Å². The molecule has 4 aliphatic rings. The average Bonchev–Trinajstić information content (AvgIpc) is 3.04. The van der Waals surface area contributed by atoms with Crippen molar-refractivity contribution in [2.45, 2.75) is 131 Å². The highest BCUT2D eigenvalue weighted by molar-refractivity contribution is 5.18. The minimum Gasteiger partial charge on any atom is -0.393 e. The number of aliphatic hydroxyl groups excluding tert-OH is 1. The van der Waals surface area contributed by atoms with Crippen LogP contribution in [0.4, 0.5) is 0 Å². The maximum atomic E-state index is 11.6. The SMILES string of the molecule is CC(C)=CCC[C@@](C)(O)[C@H]1CC[C@]2(C)[C@@H]1CC[C@@H]1[C@@]3(C)CC[C@H](O)C(C)(C)[C@H]3CC[C@]12C. The van der Waals surface area contributed by atoms with Gasteiger partial charge in [-0.3, -0.25) is 0 Å². The molecular formula is C30H52O2. The zero-order valence-corrected chi connectivity index (χ0v) is 22.4. The van der Waals surface area contributed by atoms with E-state index in [0.29, 0.717) is 34.0 Å². The fourth-order valence-corrected chi connectivity index (χ4v) is 10.3. The van der Waals surface area contributed by atoms with Gasteiger partial charge < -0.3 is 10.2 Å². The normalized spacial score (nSPS) is 49.4. The Morgan fingerprint density at radius 1 is 0.875 bits per heavy atom. The Labute approximate surface area is 198 Å². The molecule has 0 heterocycles.